The molecule has 3 aromatic heterocycles. The van der Waals surface area contributed by atoms with Gasteiger partial charge < -0.3 is 20.1 Å². The number of nitrogens with one attached hydrogen (secondary N) is 1. The van der Waals surface area contributed by atoms with Gasteiger partial charge in [-0.2, -0.15) is 4.98 Å². The van der Waals surface area contributed by atoms with Gasteiger partial charge in [0.25, 0.3) is 6.43 Å². The van der Waals surface area contributed by atoms with Crippen molar-refractivity contribution in [3.8, 4) is 11.5 Å². The van der Waals surface area contributed by atoms with Gasteiger partial charge in [0.05, 0.1) is 28.5 Å². The van der Waals surface area contributed by atoms with Gasteiger partial charge in [0.1, 0.15) is 0 Å². The molecule has 7 nitrogen and oxygen atoms in total. The number of aryl methyl sites for hydroxylation is 2. The molecule has 1 aromatic carbocycles. The molecule has 0 saturated carbocycles. The first kappa shape index (κ1) is 21.0. The average Bonchev–Trinajstić information content (AvgIpc) is 3.48. The highest BCUT2D eigenvalue weighted by molar-refractivity contribution is 7.11. The van der Waals surface area contributed by atoms with E-state index in [0.29, 0.717) is 10.9 Å². The van der Waals surface area contributed by atoms with Gasteiger partial charge in [0.15, 0.2) is 0 Å². The van der Waals surface area contributed by atoms with Gasteiger partial charge in [-0.15, -0.1) is 11.3 Å². The van der Waals surface area contributed by atoms with Crippen LogP contribution in [-0.2, 0) is 19.4 Å². The van der Waals surface area contributed by atoms with E-state index in [2.05, 4.69) is 20.4 Å². The van der Waals surface area contributed by atoms with Gasteiger partial charge in [-0.3, -0.25) is 0 Å². The Labute approximate surface area is 185 Å². The highest BCUT2D eigenvalue weighted by Gasteiger charge is 2.29. The summed E-state index contributed by atoms with van der Waals surface area (Å²) >= 11 is 1.70. The van der Waals surface area contributed by atoms with E-state index in [-0.39, 0.29) is 30.0 Å². The smallest absolute Gasteiger partial charge is 0.288 e. The van der Waals surface area contributed by atoms with E-state index in [0.717, 1.165) is 40.2 Å². The minimum Gasteiger partial charge on any atom is -0.381 e. The molecule has 0 amide bonds. The third-order valence-corrected chi connectivity index (χ3v) is 6.65. The SMILES string of the molecule is Cc1nc2c(s1)CC(Nc1cccc3c1cc(-c1noc(CN)n1)n3C(F)C(F)F)CC2. The monoisotopic (exact) mass is 462 g/mol. The number of hydrogen-bond acceptors (Lipinski definition) is 7. The number of hydrogen-bond donors (Lipinski definition) is 2. The molecule has 5 rings (SSSR count). The maximum Gasteiger partial charge on any atom is 0.288 e. The molecular formula is C21H21F3N6OS. The van der Waals surface area contributed by atoms with Gasteiger partial charge in [0.2, 0.25) is 18.0 Å². The molecule has 32 heavy (non-hydrogen) atoms. The van der Waals surface area contributed by atoms with Crippen molar-refractivity contribution < 1.29 is 17.7 Å². The van der Waals surface area contributed by atoms with E-state index in [1.54, 1.807) is 29.5 Å². The lowest BCUT2D eigenvalue weighted by Gasteiger charge is -2.24. The number of nitrogens with zero attached hydrogens (tertiary/aromatic N) is 4. The molecular weight excluding hydrogens is 441 g/mol. The number of aromatic nitrogens is 4. The van der Waals surface area contributed by atoms with Crippen LogP contribution in [-0.4, -0.2) is 32.2 Å². The zero-order chi connectivity index (χ0) is 22.4. The number of nitrogens with two attached hydrogens (primary N) is 1. The Morgan fingerprint density at radius 2 is 2.16 bits per heavy atom. The van der Waals surface area contributed by atoms with Crippen molar-refractivity contribution >= 4 is 27.9 Å². The fourth-order valence-electron chi connectivity index (χ4n) is 4.22. The molecule has 0 fully saturated rings. The van der Waals surface area contributed by atoms with Crippen LogP contribution in [0.15, 0.2) is 28.8 Å². The first-order valence-electron chi connectivity index (χ1n) is 10.3. The zero-order valence-electron chi connectivity index (χ0n) is 17.2. The Kier molecular flexibility index (Phi) is 5.38. The van der Waals surface area contributed by atoms with Crippen LogP contribution in [0.2, 0.25) is 0 Å². The molecule has 168 valence electrons. The summed E-state index contributed by atoms with van der Waals surface area (Å²) in [5.41, 5.74) is 7.83. The number of fused-ring (bicyclic) bond motifs is 2. The van der Waals surface area contributed by atoms with Crippen LogP contribution < -0.4 is 11.1 Å². The third kappa shape index (κ3) is 3.65. The standard InChI is InChI=1S/C21H21F3N6OS/c1-10-26-14-6-5-11(7-17(14)32-10)27-13-3-2-4-15-12(13)8-16(30(15)20(24)19(22)23)21-28-18(9-25)31-29-21/h2-4,8,11,19-20,27H,5-7,9,25H2,1H3. The van der Waals surface area contributed by atoms with Crippen LogP contribution in [0, 0.1) is 6.92 Å². The molecule has 11 heteroatoms. The summed E-state index contributed by atoms with van der Waals surface area (Å²) in [4.78, 5) is 9.95. The van der Waals surface area contributed by atoms with E-state index in [1.807, 2.05) is 13.0 Å². The van der Waals surface area contributed by atoms with E-state index in [9.17, 15) is 13.2 Å². The zero-order valence-corrected chi connectivity index (χ0v) is 18.0. The van der Waals surface area contributed by atoms with Gasteiger partial charge in [-0.05, 0) is 38.0 Å². The predicted octanol–water partition coefficient (Wildman–Crippen LogP) is 4.62. The number of thiazole rings is 1. The van der Waals surface area contributed by atoms with Gasteiger partial charge in [-0.1, -0.05) is 11.2 Å². The molecule has 0 saturated heterocycles. The lowest BCUT2D eigenvalue weighted by molar-refractivity contribution is 0.0114. The number of halogens is 3. The van der Waals surface area contributed by atoms with Crippen LogP contribution in [0.25, 0.3) is 22.4 Å². The van der Waals surface area contributed by atoms with Crippen LogP contribution >= 0.6 is 11.3 Å². The van der Waals surface area contributed by atoms with Crippen molar-refractivity contribution in [2.24, 2.45) is 5.73 Å². The summed E-state index contributed by atoms with van der Waals surface area (Å²) in [6, 6.07) is 6.96. The molecule has 0 aliphatic heterocycles. The maximum absolute atomic E-state index is 14.7. The highest BCUT2D eigenvalue weighted by atomic mass is 32.1. The molecule has 4 aromatic rings. The van der Waals surface area contributed by atoms with Crippen molar-refractivity contribution in [2.45, 2.75) is 51.5 Å². The first-order valence-corrected chi connectivity index (χ1v) is 11.1. The van der Waals surface area contributed by atoms with Crippen LogP contribution in [0.3, 0.4) is 0 Å². The molecule has 2 atom stereocenters. The largest absolute Gasteiger partial charge is 0.381 e. The first-order chi connectivity index (χ1) is 15.4. The Morgan fingerprint density at radius 3 is 2.91 bits per heavy atom. The van der Waals surface area contributed by atoms with Crippen LogP contribution in [0.5, 0.6) is 0 Å². The number of benzene rings is 1. The van der Waals surface area contributed by atoms with Crippen molar-refractivity contribution in [1.82, 2.24) is 19.7 Å². The molecule has 2 unspecified atom stereocenters. The molecule has 3 heterocycles. The highest BCUT2D eigenvalue weighted by Crippen LogP contribution is 2.37. The Morgan fingerprint density at radius 1 is 1.31 bits per heavy atom. The van der Waals surface area contributed by atoms with Crippen LogP contribution in [0.1, 0.15) is 34.2 Å². The molecule has 1 aliphatic carbocycles. The summed E-state index contributed by atoms with van der Waals surface area (Å²) in [6.07, 6.45) is -3.17. The van der Waals surface area contributed by atoms with Gasteiger partial charge in [0, 0.05) is 28.4 Å². The molecule has 0 spiro atoms. The molecule has 0 radical (unpaired) electrons. The Bertz CT molecular complexity index is 1270. The van der Waals surface area contributed by atoms with Gasteiger partial charge >= 0.3 is 0 Å². The topological polar surface area (TPSA) is 94.8 Å². The Hall–Kier alpha value is -2.92. The summed E-state index contributed by atoms with van der Waals surface area (Å²) < 4.78 is 47.4. The minimum absolute atomic E-state index is 0.00530. The van der Waals surface area contributed by atoms with Crippen molar-refractivity contribution in [3.63, 3.8) is 0 Å². The molecule has 1 aliphatic rings. The second-order valence-electron chi connectivity index (χ2n) is 7.75. The number of alkyl halides is 3. The normalized spacial score (nSPS) is 17.1. The lowest BCUT2D eigenvalue weighted by Crippen LogP contribution is -2.26. The quantitative estimate of drug-likeness (QED) is 0.434. The molecule has 0 bridgehead atoms. The average molecular weight is 463 g/mol. The second kappa shape index (κ2) is 8.21. The molecule has 3 N–H and O–H groups in total. The van der Waals surface area contributed by atoms with Gasteiger partial charge in [-0.25, -0.2) is 18.2 Å². The fourth-order valence-corrected chi connectivity index (χ4v) is 5.28. The minimum atomic E-state index is -3.21. The number of anilines is 1. The van der Waals surface area contributed by atoms with E-state index in [1.165, 1.54) is 4.88 Å². The predicted molar refractivity (Wildman–Crippen MR) is 116 cm³/mol. The summed E-state index contributed by atoms with van der Waals surface area (Å²) in [6.45, 7) is 2.00. The van der Waals surface area contributed by atoms with Crippen molar-refractivity contribution in [3.05, 3.63) is 45.7 Å². The van der Waals surface area contributed by atoms with E-state index in [4.69, 9.17) is 10.3 Å². The summed E-state index contributed by atoms with van der Waals surface area (Å²) in [5, 5.41) is 8.99. The summed E-state index contributed by atoms with van der Waals surface area (Å²) in [7, 11) is 0. The maximum atomic E-state index is 14.7. The second-order valence-corrected chi connectivity index (χ2v) is 9.04. The lowest BCUT2D eigenvalue weighted by atomic mass is 9.97. The summed E-state index contributed by atoms with van der Waals surface area (Å²) in [5.74, 6) is 0.152. The van der Waals surface area contributed by atoms with E-state index < -0.39 is 12.7 Å². The van der Waals surface area contributed by atoms with Crippen molar-refractivity contribution in [2.75, 3.05) is 5.32 Å². The third-order valence-electron chi connectivity index (χ3n) is 5.62. The van der Waals surface area contributed by atoms with E-state index >= 15 is 0 Å². The number of rotatable bonds is 6. The fraction of sp³-hybridized carbons (Fsp3) is 0.381. The van der Waals surface area contributed by atoms with Crippen LogP contribution in [0.4, 0.5) is 18.9 Å². The Balaban J connectivity index is 1.55. The van der Waals surface area contributed by atoms with Crippen molar-refractivity contribution in [1.29, 1.82) is 0 Å².